The topological polar surface area (TPSA) is 57.2 Å². The second-order valence-electron chi connectivity index (χ2n) is 5.87. The fourth-order valence-electron chi connectivity index (χ4n) is 3.23. The smallest absolute Gasteiger partial charge is 0.187 e. The Balaban J connectivity index is 2.10. The summed E-state index contributed by atoms with van der Waals surface area (Å²) < 4.78 is 21.9. The molecule has 0 aliphatic carbocycles. The van der Waals surface area contributed by atoms with E-state index < -0.39 is 0 Å². The van der Waals surface area contributed by atoms with Crippen LogP contribution < -0.4 is 0 Å². The van der Waals surface area contributed by atoms with Crippen LogP contribution in [0.3, 0.4) is 0 Å². The number of ether oxygens (including phenoxy) is 4. The Morgan fingerprint density at radius 2 is 2.25 bits per heavy atom. The van der Waals surface area contributed by atoms with Gasteiger partial charge in [0.2, 0.25) is 0 Å². The Morgan fingerprint density at radius 3 is 2.92 bits per heavy atom. The van der Waals surface area contributed by atoms with Gasteiger partial charge in [-0.05, 0) is 29.7 Å². The van der Waals surface area contributed by atoms with E-state index in [1.54, 1.807) is 19.4 Å². The Hall–Kier alpha value is -0.830. The van der Waals surface area contributed by atoms with Crippen molar-refractivity contribution in [3.8, 4) is 0 Å². The molecule has 2 rings (SSSR count). The van der Waals surface area contributed by atoms with E-state index in [-0.39, 0.29) is 28.3 Å². The summed E-state index contributed by atoms with van der Waals surface area (Å²) >= 11 is 2.44. The van der Waals surface area contributed by atoms with E-state index in [1.165, 1.54) is 5.57 Å². The van der Waals surface area contributed by atoms with Crippen LogP contribution in [0, 0.1) is 5.92 Å². The highest BCUT2D eigenvalue weighted by atomic mass is 127. The minimum absolute atomic E-state index is 0.0230. The van der Waals surface area contributed by atoms with Crippen LogP contribution in [0.1, 0.15) is 13.3 Å². The van der Waals surface area contributed by atoms with Gasteiger partial charge < -0.3 is 24.1 Å². The molecular weight excluding hydrogens is 423 g/mol. The lowest BCUT2D eigenvalue weighted by molar-refractivity contribution is 0.0199. The fourth-order valence-corrected chi connectivity index (χ4v) is 4.50. The first-order valence-electron chi connectivity index (χ1n) is 7.96. The van der Waals surface area contributed by atoms with Crippen molar-refractivity contribution in [1.29, 1.82) is 0 Å². The van der Waals surface area contributed by atoms with Crippen LogP contribution in [0.15, 0.2) is 48.5 Å². The van der Waals surface area contributed by atoms with E-state index in [2.05, 4.69) is 36.1 Å². The van der Waals surface area contributed by atoms with Gasteiger partial charge in [0.15, 0.2) is 6.79 Å². The number of aliphatic hydroxyl groups is 1. The highest BCUT2D eigenvalue weighted by Crippen LogP contribution is 2.51. The molecule has 2 aliphatic rings. The summed E-state index contributed by atoms with van der Waals surface area (Å²) in [7, 11) is 1.59. The zero-order chi connectivity index (χ0) is 17.6. The van der Waals surface area contributed by atoms with Crippen molar-refractivity contribution in [1.82, 2.24) is 0 Å². The van der Waals surface area contributed by atoms with Gasteiger partial charge in [-0.25, -0.2) is 0 Å². The minimum Gasteiger partial charge on any atom is -0.516 e. The number of methoxy groups -OCH3 is 1. The van der Waals surface area contributed by atoms with E-state index >= 15 is 0 Å². The quantitative estimate of drug-likeness (QED) is 0.153. The van der Waals surface area contributed by atoms with Gasteiger partial charge in [0.25, 0.3) is 0 Å². The zero-order valence-corrected chi connectivity index (χ0v) is 16.3. The summed E-state index contributed by atoms with van der Waals surface area (Å²) in [6.45, 7) is 7.60. The lowest BCUT2D eigenvalue weighted by Gasteiger charge is -2.27. The maximum atomic E-state index is 8.99. The number of fused-ring (bicyclic) bond motifs is 1. The monoisotopic (exact) mass is 448 g/mol. The summed E-state index contributed by atoms with van der Waals surface area (Å²) in [6, 6.07) is 0. The largest absolute Gasteiger partial charge is 0.516 e. The van der Waals surface area contributed by atoms with Crippen LogP contribution in [0.4, 0.5) is 0 Å². The van der Waals surface area contributed by atoms with Gasteiger partial charge in [-0.2, -0.15) is 0 Å². The lowest BCUT2D eigenvalue weighted by Crippen LogP contribution is -2.39. The van der Waals surface area contributed by atoms with Crippen molar-refractivity contribution in [3.63, 3.8) is 0 Å². The molecule has 0 aromatic heterocycles. The first kappa shape index (κ1) is 19.5. The molecule has 2 fully saturated rings. The van der Waals surface area contributed by atoms with E-state index in [9.17, 15) is 0 Å². The molecule has 4 atom stereocenters. The van der Waals surface area contributed by atoms with Gasteiger partial charge >= 0.3 is 0 Å². The van der Waals surface area contributed by atoms with Gasteiger partial charge in [-0.3, -0.25) is 0 Å². The highest BCUT2D eigenvalue weighted by molar-refractivity contribution is 14.1. The van der Waals surface area contributed by atoms with Crippen molar-refractivity contribution >= 4 is 22.6 Å². The number of allylic oxidation sites excluding steroid dienone is 2. The highest BCUT2D eigenvalue weighted by Gasteiger charge is 2.58. The van der Waals surface area contributed by atoms with Crippen molar-refractivity contribution in [2.75, 3.05) is 27.1 Å². The maximum Gasteiger partial charge on any atom is 0.187 e. The molecule has 2 aliphatic heterocycles. The second-order valence-corrected chi connectivity index (χ2v) is 7.87. The lowest BCUT2D eigenvalue weighted by atomic mass is 9.84. The Bertz CT molecular complexity index is 528. The van der Waals surface area contributed by atoms with Crippen LogP contribution in [0.2, 0.25) is 0 Å². The molecule has 0 radical (unpaired) electrons. The Labute approximate surface area is 157 Å². The van der Waals surface area contributed by atoms with Gasteiger partial charge in [-0.15, -0.1) is 0 Å². The molecule has 0 aromatic carbocycles. The summed E-state index contributed by atoms with van der Waals surface area (Å²) in [5.41, 5.74) is 1.98. The normalized spacial score (nSPS) is 33.5. The summed E-state index contributed by atoms with van der Waals surface area (Å²) in [5.74, 6) is 0.256. The van der Waals surface area contributed by atoms with E-state index in [0.717, 1.165) is 18.3 Å². The number of aliphatic hydroxyl groups excluding tert-OH is 1. The molecule has 1 unspecified atom stereocenters. The molecular formula is C18H25IO5. The SMILES string of the molecule is C=C(/C=C/O)[C@H]1OCC2[C@@H](/C(=C/C=C/OCOC)CC)OC[C@@]21I. The molecule has 6 heteroatoms. The molecule has 5 nitrogen and oxygen atoms in total. The molecule has 134 valence electrons. The summed E-state index contributed by atoms with van der Waals surface area (Å²) in [4.78, 5) is 0. The van der Waals surface area contributed by atoms with Crippen molar-refractivity contribution in [2.24, 2.45) is 5.92 Å². The van der Waals surface area contributed by atoms with Crippen LogP contribution in [0.5, 0.6) is 0 Å². The van der Waals surface area contributed by atoms with Gasteiger partial charge in [-0.1, -0.05) is 42.2 Å². The number of alkyl halides is 1. The van der Waals surface area contributed by atoms with Crippen molar-refractivity contribution in [3.05, 3.63) is 48.5 Å². The molecule has 2 saturated heterocycles. The standard InChI is InChI=1S/C18H25IO5/c1-4-14(6-5-9-22-12-21-3)16-15-10-23-17(13(2)7-8-20)18(15,19)11-24-16/h5-9,15-17,20H,2,4,10-12H2,1,3H3/b8-7+,9-5+,14-6+/t15?,16-,17-,18-/m1/s1. The predicted octanol–water partition coefficient (Wildman–Crippen LogP) is 3.67. The van der Waals surface area contributed by atoms with E-state index in [0.29, 0.717) is 13.2 Å². The Morgan fingerprint density at radius 1 is 1.46 bits per heavy atom. The van der Waals surface area contributed by atoms with Crippen molar-refractivity contribution in [2.45, 2.75) is 29.0 Å². The molecule has 24 heavy (non-hydrogen) atoms. The average molecular weight is 448 g/mol. The van der Waals surface area contributed by atoms with E-state index in [1.807, 2.05) is 12.2 Å². The number of rotatable bonds is 8. The van der Waals surface area contributed by atoms with Gasteiger partial charge in [0.1, 0.15) is 0 Å². The van der Waals surface area contributed by atoms with Gasteiger partial charge in [0, 0.05) is 13.0 Å². The molecule has 0 saturated carbocycles. The van der Waals surface area contributed by atoms with E-state index in [4.69, 9.17) is 24.1 Å². The van der Waals surface area contributed by atoms with Crippen molar-refractivity contribution < 1.29 is 24.1 Å². The Kier molecular flexibility index (Phi) is 7.34. The van der Waals surface area contributed by atoms with Crippen LogP contribution in [0.25, 0.3) is 0 Å². The number of hydrogen-bond acceptors (Lipinski definition) is 5. The molecule has 2 heterocycles. The third kappa shape index (κ3) is 4.04. The number of hydrogen-bond donors (Lipinski definition) is 1. The van der Waals surface area contributed by atoms with Gasteiger partial charge in [0.05, 0.1) is 41.4 Å². The van der Waals surface area contributed by atoms with Crippen LogP contribution >= 0.6 is 22.6 Å². The second kappa shape index (κ2) is 9.03. The third-order valence-electron chi connectivity index (χ3n) is 4.41. The molecule has 1 N–H and O–H groups in total. The minimum atomic E-state index is -0.163. The summed E-state index contributed by atoms with van der Waals surface area (Å²) in [5, 5.41) is 8.99. The predicted molar refractivity (Wildman–Crippen MR) is 101 cm³/mol. The third-order valence-corrected chi connectivity index (χ3v) is 6.09. The number of halogens is 1. The molecule has 0 bridgehead atoms. The maximum absolute atomic E-state index is 8.99. The first-order valence-corrected chi connectivity index (χ1v) is 9.04. The summed E-state index contributed by atoms with van der Waals surface area (Å²) in [6.07, 6.45) is 8.90. The molecule has 0 aromatic rings. The molecule has 0 spiro atoms. The zero-order valence-electron chi connectivity index (χ0n) is 14.1. The average Bonchev–Trinajstić information content (AvgIpc) is 3.06. The first-order chi connectivity index (χ1) is 11.6. The van der Waals surface area contributed by atoms with Crippen LogP contribution in [-0.2, 0) is 18.9 Å². The molecule has 0 amide bonds. The fraction of sp³-hybridized carbons (Fsp3) is 0.556. The van der Waals surface area contributed by atoms with Crippen LogP contribution in [-0.4, -0.2) is 47.9 Å².